The Labute approximate surface area is 135 Å². The molecule has 1 atom stereocenters. The van der Waals surface area contributed by atoms with E-state index in [0.717, 1.165) is 17.7 Å². The highest BCUT2D eigenvalue weighted by Crippen LogP contribution is 2.23. The maximum atomic E-state index is 12.1. The number of nitrogens with one attached hydrogen (secondary N) is 1. The van der Waals surface area contributed by atoms with Gasteiger partial charge in [0.1, 0.15) is 6.10 Å². The molecule has 2 heterocycles. The third kappa shape index (κ3) is 3.37. The summed E-state index contributed by atoms with van der Waals surface area (Å²) in [5, 5.41) is 17.9. The Morgan fingerprint density at radius 2 is 2.13 bits per heavy atom. The standard InChI is InChI=1S/C17H22N4O2/c1-2-8-18-17(23)20-9-10-21-14(12-20)11-15(19-21)16(22)13-6-4-3-5-7-13/h3-7,11,16,22H,2,8-10,12H2,1H3,(H,18,23)/t16-/m0/s1. The Balaban J connectivity index is 1.73. The first-order valence-corrected chi connectivity index (χ1v) is 8.01. The molecule has 23 heavy (non-hydrogen) atoms. The number of hydrogen-bond donors (Lipinski definition) is 2. The lowest BCUT2D eigenvalue weighted by atomic mass is 10.1. The van der Waals surface area contributed by atoms with Crippen LogP contribution < -0.4 is 5.32 Å². The van der Waals surface area contributed by atoms with Crippen molar-refractivity contribution in [1.29, 1.82) is 0 Å². The fourth-order valence-electron chi connectivity index (χ4n) is 2.75. The van der Waals surface area contributed by atoms with E-state index in [1.807, 2.05) is 48.0 Å². The van der Waals surface area contributed by atoms with Crippen LogP contribution in [0, 0.1) is 0 Å². The Kier molecular flexibility index (Phi) is 4.62. The number of carbonyl (C=O) groups is 1. The van der Waals surface area contributed by atoms with E-state index in [4.69, 9.17) is 0 Å². The average molecular weight is 314 g/mol. The normalized spacial score (nSPS) is 15.1. The van der Waals surface area contributed by atoms with Gasteiger partial charge in [-0.05, 0) is 18.1 Å². The van der Waals surface area contributed by atoms with E-state index in [-0.39, 0.29) is 6.03 Å². The Morgan fingerprint density at radius 3 is 2.87 bits per heavy atom. The van der Waals surface area contributed by atoms with Gasteiger partial charge >= 0.3 is 6.03 Å². The van der Waals surface area contributed by atoms with Crippen molar-refractivity contribution in [2.75, 3.05) is 13.1 Å². The maximum absolute atomic E-state index is 12.1. The van der Waals surface area contributed by atoms with Crippen LogP contribution in [0.3, 0.4) is 0 Å². The molecule has 0 unspecified atom stereocenters. The molecule has 1 aromatic carbocycles. The molecule has 0 aliphatic carbocycles. The van der Waals surface area contributed by atoms with Gasteiger partial charge < -0.3 is 15.3 Å². The largest absolute Gasteiger partial charge is 0.382 e. The van der Waals surface area contributed by atoms with Crippen LogP contribution >= 0.6 is 0 Å². The van der Waals surface area contributed by atoms with Crippen LogP contribution in [0.15, 0.2) is 36.4 Å². The molecule has 0 bridgehead atoms. The van der Waals surface area contributed by atoms with Gasteiger partial charge in [0, 0.05) is 13.1 Å². The number of nitrogens with zero attached hydrogens (tertiary/aromatic N) is 3. The van der Waals surface area contributed by atoms with Crippen LogP contribution in [0.1, 0.15) is 36.4 Å². The number of aromatic nitrogens is 2. The molecule has 0 radical (unpaired) electrons. The number of urea groups is 1. The lowest BCUT2D eigenvalue weighted by Crippen LogP contribution is -2.44. The number of hydrogen-bond acceptors (Lipinski definition) is 3. The van der Waals surface area contributed by atoms with Gasteiger partial charge in [0.25, 0.3) is 0 Å². The van der Waals surface area contributed by atoms with Crippen molar-refractivity contribution >= 4 is 6.03 Å². The highest BCUT2D eigenvalue weighted by atomic mass is 16.3. The molecule has 0 spiro atoms. The highest BCUT2D eigenvalue weighted by Gasteiger charge is 2.24. The molecule has 1 aliphatic heterocycles. The van der Waals surface area contributed by atoms with Gasteiger partial charge in [-0.15, -0.1) is 0 Å². The minimum absolute atomic E-state index is 0.0375. The molecule has 2 amide bonds. The van der Waals surface area contributed by atoms with Gasteiger partial charge in [-0.25, -0.2) is 4.79 Å². The number of aliphatic hydroxyl groups is 1. The monoisotopic (exact) mass is 314 g/mol. The van der Waals surface area contributed by atoms with E-state index in [2.05, 4.69) is 10.4 Å². The zero-order valence-corrected chi connectivity index (χ0v) is 13.3. The van der Waals surface area contributed by atoms with Crippen molar-refractivity contribution in [3.8, 4) is 0 Å². The van der Waals surface area contributed by atoms with Crippen LogP contribution in [0.2, 0.25) is 0 Å². The zero-order valence-electron chi connectivity index (χ0n) is 13.3. The lowest BCUT2D eigenvalue weighted by Gasteiger charge is -2.27. The topological polar surface area (TPSA) is 70.4 Å². The number of carbonyl (C=O) groups excluding carboxylic acids is 1. The highest BCUT2D eigenvalue weighted by molar-refractivity contribution is 5.74. The van der Waals surface area contributed by atoms with Crippen LogP contribution in [0.4, 0.5) is 4.79 Å². The summed E-state index contributed by atoms with van der Waals surface area (Å²) in [6.07, 6.45) is 0.182. The first-order chi connectivity index (χ1) is 11.2. The van der Waals surface area contributed by atoms with Gasteiger partial charge in [-0.2, -0.15) is 5.10 Å². The van der Waals surface area contributed by atoms with Crippen molar-refractivity contribution in [2.45, 2.75) is 32.5 Å². The maximum Gasteiger partial charge on any atom is 0.317 e. The Morgan fingerprint density at radius 1 is 1.35 bits per heavy atom. The number of fused-ring (bicyclic) bond motifs is 1. The van der Waals surface area contributed by atoms with E-state index < -0.39 is 6.10 Å². The summed E-state index contributed by atoms with van der Waals surface area (Å²) in [6.45, 7) is 4.51. The summed E-state index contributed by atoms with van der Waals surface area (Å²) in [7, 11) is 0. The Bertz CT molecular complexity index is 668. The van der Waals surface area contributed by atoms with Crippen LogP contribution in [-0.4, -0.2) is 38.9 Å². The number of aliphatic hydroxyl groups excluding tert-OH is 1. The molecule has 1 aliphatic rings. The third-order valence-electron chi connectivity index (χ3n) is 4.03. The fourth-order valence-corrected chi connectivity index (χ4v) is 2.75. The minimum atomic E-state index is -0.739. The van der Waals surface area contributed by atoms with E-state index in [1.54, 1.807) is 4.90 Å². The second-order valence-electron chi connectivity index (χ2n) is 5.75. The molecule has 3 rings (SSSR count). The summed E-state index contributed by atoms with van der Waals surface area (Å²) in [4.78, 5) is 13.8. The van der Waals surface area contributed by atoms with Gasteiger partial charge in [-0.1, -0.05) is 37.3 Å². The number of benzene rings is 1. The van der Waals surface area contributed by atoms with Crippen LogP contribution in [-0.2, 0) is 13.1 Å². The van der Waals surface area contributed by atoms with Crippen molar-refractivity contribution in [3.05, 3.63) is 53.3 Å². The SMILES string of the molecule is CCCNC(=O)N1CCn2nc([C@@H](O)c3ccccc3)cc2C1. The molecule has 6 heteroatoms. The summed E-state index contributed by atoms with van der Waals surface area (Å²) in [5.74, 6) is 0. The predicted molar refractivity (Wildman–Crippen MR) is 86.8 cm³/mol. The van der Waals surface area contributed by atoms with Crippen molar-refractivity contribution in [3.63, 3.8) is 0 Å². The molecule has 2 aromatic rings. The Hall–Kier alpha value is -2.34. The van der Waals surface area contributed by atoms with Crippen molar-refractivity contribution in [2.24, 2.45) is 0 Å². The summed E-state index contributed by atoms with van der Waals surface area (Å²) in [5.41, 5.74) is 2.40. The van der Waals surface area contributed by atoms with Gasteiger partial charge in [-0.3, -0.25) is 4.68 Å². The summed E-state index contributed by atoms with van der Waals surface area (Å²) in [6, 6.07) is 11.3. The van der Waals surface area contributed by atoms with E-state index in [1.165, 1.54) is 0 Å². The molecular weight excluding hydrogens is 292 g/mol. The van der Waals surface area contributed by atoms with Gasteiger partial charge in [0.15, 0.2) is 0 Å². The first-order valence-electron chi connectivity index (χ1n) is 8.01. The van der Waals surface area contributed by atoms with Crippen molar-refractivity contribution in [1.82, 2.24) is 20.0 Å². The fraction of sp³-hybridized carbons (Fsp3) is 0.412. The smallest absolute Gasteiger partial charge is 0.317 e. The summed E-state index contributed by atoms with van der Waals surface area (Å²) >= 11 is 0. The second kappa shape index (κ2) is 6.83. The van der Waals surface area contributed by atoms with Crippen LogP contribution in [0.25, 0.3) is 0 Å². The number of rotatable bonds is 4. The third-order valence-corrected chi connectivity index (χ3v) is 4.03. The first kappa shape index (κ1) is 15.6. The molecule has 6 nitrogen and oxygen atoms in total. The van der Waals surface area contributed by atoms with E-state index in [9.17, 15) is 9.90 Å². The second-order valence-corrected chi connectivity index (χ2v) is 5.75. The molecule has 1 aromatic heterocycles. The molecule has 2 N–H and O–H groups in total. The van der Waals surface area contributed by atoms with Gasteiger partial charge in [0.05, 0.1) is 24.5 Å². The lowest BCUT2D eigenvalue weighted by molar-refractivity contribution is 0.180. The number of amides is 2. The average Bonchev–Trinajstić information content (AvgIpc) is 3.02. The summed E-state index contributed by atoms with van der Waals surface area (Å²) < 4.78 is 1.88. The molecule has 0 saturated carbocycles. The van der Waals surface area contributed by atoms with Gasteiger partial charge in [0.2, 0.25) is 0 Å². The van der Waals surface area contributed by atoms with E-state index in [0.29, 0.717) is 31.9 Å². The molecular formula is C17H22N4O2. The van der Waals surface area contributed by atoms with Crippen molar-refractivity contribution < 1.29 is 9.90 Å². The molecule has 122 valence electrons. The van der Waals surface area contributed by atoms with E-state index >= 15 is 0 Å². The quantitative estimate of drug-likeness (QED) is 0.905. The minimum Gasteiger partial charge on any atom is -0.382 e. The van der Waals surface area contributed by atoms with Crippen LogP contribution in [0.5, 0.6) is 0 Å². The predicted octanol–water partition coefficient (Wildman–Crippen LogP) is 1.90. The zero-order chi connectivity index (χ0) is 16.2. The molecule has 0 fully saturated rings. The molecule has 0 saturated heterocycles.